The zero-order chi connectivity index (χ0) is 21.0. The molecule has 0 fully saturated rings. The molecular formula is C19H39FmN2O6-. The summed E-state index contributed by atoms with van der Waals surface area (Å²) in [6.45, 7) is 15.0. The van der Waals surface area contributed by atoms with Gasteiger partial charge in [0.2, 0.25) is 0 Å². The first kappa shape index (κ1) is 30.5. The fourth-order valence-electron chi connectivity index (χ4n) is 1.70. The van der Waals surface area contributed by atoms with Crippen LogP contribution in [0.2, 0.25) is 0 Å². The van der Waals surface area contributed by atoms with E-state index in [9.17, 15) is 9.59 Å². The Balaban J connectivity index is -0.00000201. The van der Waals surface area contributed by atoms with E-state index in [2.05, 4.69) is 10.6 Å². The van der Waals surface area contributed by atoms with Crippen molar-refractivity contribution in [3.05, 3.63) is 0 Å². The first-order chi connectivity index (χ1) is 12.9. The molecule has 0 aromatic carbocycles. The topological polar surface area (TPSA) is 95.1 Å². The first-order valence-corrected chi connectivity index (χ1v) is 9.67. The number of carbonyl (C=O) groups is 1. The maximum Gasteiger partial charge on any atom is 0.319 e. The van der Waals surface area contributed by atoms with Crippen LogP contribution >= 0.6 is 0 Å². The number of nitrogens with one attached hydrogen (secondary N) is 2. The molecule has 28 heavy (non-hydrogen) atoms. The summed E-state index contributed by atoms with van der Waals surface area (Å²) in [4.78, 5) is 21.8. The molecule has 174 valence electrons. The van der Waals surface area contributed by atoms with Gasteiger partial charge >= 0.3 is 5.97 Å². The Labute approximate surface area is 164 Å². The van der Waals surface area contributed by atoms with E-state index in [1.807, 2.05) is 41.5 Å². The summed E-state index contributed by atoms with van der Waals surface area (Å²) in [5.74, 6) is -0.317. The molecule has 0 aromatic heterocycles. The molecule has 1 atom stereocenters. The van der Waals surface area contributed by atoms with Gasteiger partial charge in [-0.15, -0.1) is 0 Å². The number of hydrogen-bond donors (Lipinski definition) is 2. The van der Waals surface area contributed by atoms with Crippen LogP contribution in [-0.2, 0) is 28.5 Å². The van der Waals surface area contributed by atoms with Gasteiger partial charge in [0, 0.05) is 12.6 Å². The first-order valence-electron chi connectivity index (χ1n) is 9.67. The quantitative estimate of drug-likeness (QED) is 0.113. The SMILES string of the molecule is CC.CCCOC(=O)CNCC(COCCOCCOC(C)(C)C)N[C-]=O.[Fm]. The second-order valence-corrected chi connectivity index (χ2v) is 6.44. The molecule has 2 N–H and O–H groups in total. The maximum atomic E-state index is 11.3. The fraction of sp³-hybridized carbons (Fsp3) is 0.895. The minimum Gasteiger partial charge on any atom is -0.525 e. The number of rotatable bonds is 16. The van der Waals surface area contributed by atoms with Gasteiger partial charge in [-0.2, -0.15) is 6.41 Å². The summed E-state index contributed by atoms with van der Waals surface area (Å²) in [5, 5.41) is 5.44. The van der Waals surface area contributed by atoms with E-state index in [0.29, 0.717) is 46.2 Å². The van der Waals surface area contributed by atoms with Crippen molar-refractivity contribution in [2.75, 3.05) is 52.7 Å². The van der Waals surface area contributed by atoms with Crippen LogP contribution < -0.4 is 10.6 Å². The Morgan fingerprint density at radius 1 is 1.04 bits per heavy atom. The molecule has 0 aromatic rings. The summed E-state index contributed by atoms with van der Waals surface area (Å²) < 4.78 is 21.3. The third kappa shape index (κ3) is 23.8. The summed E-state index contributed by atoms with van der Waals surface area (Å²) in [6.07, 6.45) is 2.43. The molecule has 8 nitrogen and oxygen atoms in total. The van der Waals surface area contributed by atoms with Crippen LogP contribution in [0, 0.1) is 0 Å². The van der Waals surface area contributed by atoms with Gasteiger partial charge in [-0.05, 0) is 27.2 Å². The average Bonchev–Trinajstić information content (AvgIpc) is 2.62. The Morgan fingerprint density at radius 2 is 1.64 bits per heavy atom. The molecule has 1 unspecified atom stereocenters. The van der Waals surface area contributed by atoms with Crippen LogP contribution in [-0.4, -0.2) is 76.8 Å². The molecule has 0 radical (unpaired) electrons. The van der Waals surface area contributed by atoms with Crippen molar-refractivity contribution in [3.63, 3.8) is 0 Å². The van der Waals surface area contributed by atoms with Gasteiger partial charge in [-0.1, -0.05) is 20.8 Å². The van der Waals surface area contributed by atoms with Crippen LogP contribution in [0.3, 0.4) is 0 Å². The number of carbonyl (C=O) groups excluding carboxylic acids is 2. The van der Waals surface area contributed by atoms with Crippen LogP contribution in [0.1, 0.15) is 48.0 Å². The number of esters is 1. The molecule has 0 bridgehead atoms. The second kappa shape index (κ2) is 21.1. The van der Waals surface area contributed by atoms with Gasteiger partial charge in [0.1, 0.15) is 0 Å². The van der Waals surface area contributed by atoms with Gasteiger partial charge in [0.15, 0.2) is 0 Å². The van der Waals surface area contributed by atoms with Crippen LogP contribution in [0.25, 0.3) is 0 Å². The average molecular weight is 649 g/mol. The van der Waals surface area contributed by atoms with Crippen molar-refractivity contribution in [2.24, 2.45) is 0 Å². The van der Waals surface area contributed by atoms with Crippen molar-refractivity contribution in [1.82, 2.24) is 10.6 Å². The van der Waals surface area contributed by atoms with Crippen molar-refractivity contribution in [1.29, 1.82) is 0 Å². The normalized spacial score (nSPS) is 11.5. The van der Waals surface area contributed by atoms with E-state index in [1.54, 1.807) is 6.41 Å². The molecule has 0 rings (SSSR count). The van der Waals surface area contributed by atoms with Gasteiger partial charge in [-0.25, -0.2) is 0 Å². The van der Waals surface area contributed by atoms with Gasteiger partial charge in [0.25, 0.3) is 0 Å². The zero-order valence-corrected chi connectivity index (χ0v) is 20.6. The maximum absolute atomic E-state index is 11.3. The molecule has 0 aliphatic carbocycles. The molecule has 0 aliphatic rings. The summed E-state index contributed by atoms with van der Waals surface area (Å²) in [5.41, 5.74) is -0.167. The van der Waals surface area contributed by atoms with Gasteiger partial charge < -0.3 is 34.4 Å². The van der Waals surface area contributed by atoms with E-state index in [0.717, 1.165) is 6.42 Å². The van der Waals surface area contributed by atoms with Gasteiger partial charge in [-0.3, -0.25) is 4.79 Å². The Morgan fingerprint density at radius 3 is 2.21 bits per heavy atom. The van der Waals surface area contributed by atoms with Crippen molar-refractivity contribution in [3.8, 4) is 0 Å². The Bertz CT molecular complexity index is 354. The van der Waals surface area contributed by atoms with E-state index in [-0.39, 0.29) is 24.2 Å². The molecule has 1 amide bonds. The third-order valence-corrected chi connectivity index (χ3v) is 2.84. The van der Waals surface area contributed by atoms with Crippen molar-refractivity contribution < 1.29 is 28.5 Å². The number of ether oxygens (including phenoxy) is 4. The monoisotopic (exact) mass is 648 g/mol. The Hall–Kier alpha value is -2.22. The molecular weight excluding hydrogens is 609 g/mol. The molecule has 0 saturated carbocycles. The molecule has 0 spiro atoms. The van der Waals surface area contributed by atoms with Crippen LogP contribution in [0.15, 0.2) is 0 Å². The number of hydrogen-bond acceptors (Lipinski definition) is 7. The van der Waals surface area contributed by atoms with E-state index >= 15 is 0 Å². The molecule has 0 heterocycles. The summed E-state index contributed by atoms with van der Waals surface area (Å²) in [6, 6.07) is -0.277. The Kier molecular flexibility index (Phi) is 23.0. The minimum atomic E-state index is -0.317. The van der Waals surface area contributed by atoms with Crippen LogP contribution in [0.4, 0.5) is 0 Å². The predicted octanol–water partition coefficient (Wildman–Crippen LogP) is 1.43. The van der Waals surface area contributed by atoms with Gasteiger partial charge in [0.05, 0.1) is 51.8 Å². The predicted molar refractivity (Wildman–Crippen MR) is 105 cm³/mol. The zero-order valence-electron chi connectivity index (χ0n) is 18.2. The van der Waals surface area contributed by atoms with Crippen LogP contribution in [0.5, 0.6) is 0 Å². The summed E-state index contributed by atoms with van der Waals surface area (Å²) in [7, 11) is 0. The second-order valence-electron chi connectivity index (χ2n) is 6.44. The largest absolute Gasteiger partial charge is 0.525 e. The molecule has 9 heteroatoms. The minimum absolute atomic E-state index is 0. The fourth-order valence-corrected chi connectivity index (χ4v) is 1.70. The smallest absolute Gasteiger partial charge is 0.319 e. The van der Waals surface area contributed by atoms with E-state index < -0.39 is 0 Å². The standard InChI is InChI=1S/C17H33N2O6.C2H6.Fm/c1-5-6-24-16(21)12-18-11-15(19-14-20)13-23-8-7-22-9-10-25-17(2,3)4;1-2;/h15,18H,5-13H2,1-4H3,(H,19,20);1-2H3;/q-1;;. The summed E-state index contributed by atoms with van der Waals surface area (Å²) >= 11 is 0. The van der Waals surface area contributed by atoms with Crippen molar-refractivity contribution >= 4 is 12.4 Å². The third-order valence-electron chi connectivity index (χ3n) is 2.84. The molecule has 0 saturated heterocycles. The molecule has 0 aliphatic heterocycles. The van der Waals surface area contributed by atoms with E-state index in [1.165, 1.54) is 0 Å². The number of amides is 1. The van der Waals surface area contributed by atoms with E-state index in [4.69, 9.17) is 18.9 Å². The van der Waals surface area contributed by atoms with Crippen molar-refractivity contribution in [2.45, 2.75) is 59.6 Å².